The normalized spacial score (nSPS) is 20.7. The summed E-state index contributed by atoms with van der Waals surface area (Å²) >= 11 is 0. The first kappa shape index (κ1) is 15.3. The highest BCUT2D eigenvalue weighted by atomic mass is 19.1. The first-order valence-electron chi connectivity index (χ1n) is 7.61. The molecule has 2 atom stereocenters. The third-order valence-corrected chi connectivity index (χ3v) is 4.32. The maximum Gasteiger partial charge on any atom is 0.130 e. The van der Waals surface area contributed by atoms with Crippen molar-refractivity contribution in [1.29, 1.82) is 0 Å². The van der Waals surface area contributed by atoms with Gasteiger partial charge >= 0.3 is 0 Å². The standard InChI is InChI=1S/C16H26FN3/c1-4-19(5-2)13-9-10-20(11-13)15-8-6-7-14(17)16(15)12(3)18/h6-8,12-13H,4-5,9-11,18H2,1-3H3. The van der Waals surface area contributed by atoms with Gasteiger partial charge in [0, 0.05) is 36.4 Å². The predicted octanol–water partition coefficient (Wildman–Crippen LogP) is 2.77. The van der Waals surface area contributed by atoms with Gasteiger partial charge in [-0.3, -0.25) is 4.90 Å². The van der Waals surface area contributed by atoms with Crippen molar-refractivity contribution < 1.29 is 4.39 Å². The molecule has 1 heterocycles. The van der Waals surface area contributed by atoms with Crippen molar-refractivity contribution >= 4 is 5.69 Å². The van der Waals surface area contributed by atoms with Gasteiger partial charge in [-0.2, -0.15) is 0 Å². The van der Waals surface area contributed by atoms with Crippen molar-refractivity contribution in [3.8, 4) is 0 Å². The highest BCUT2D eigenvalue weighted by Crippen LogP contribution is 2.31. The number of halogens is 1. The predicted molar refractivity (Wildman–Crippen MR) is 82.5 cm³/mol. The average molecular weight is 279 g/mol. The molecule has 0 aromatic heterocycles. The first-order valence-corrected chi connectivity index (χ1v) is 7.61. The number of anilines is 1. The molecule has 2 unspecified atom stereocenters. The SMILES string of the molecule is CCN(CC)C1CCN(c2cccc(F)c2C(C)N)C1. The number of rotatable bonds is 5. The maximum absolute atomic E-state index is 14.0. The third-order valence-electron chi connectivity index (χ3n) is 4.32. The lowest BCUT2D eigenvalue weighted by molar-refractivity contribution is 0.232. The van der Waals surface area contributed by atoms with Gasteiger partial charge in [-0.15, -0.1) is 0 Å². The molecule has 0 aliphatic carbocycles. The quantitative estimate of drug-likeness (QED) is 0.899. The summed E-state index contributed by atoms with van der Waals surface area (Å²) in [6.45, 7) is 10.3. The van der Waals surface area contributed by atoms with Crippen LogP contribution in [0.15, 0.2) is 18.2 Å². The number of nitrogens with zero attached hydrogens (tertiary/aromatic N) is 2. The fourth-order valence-corrected chi connectivity index (χ4v) is 3.25. The lowest BCUT2D eigenvalue weighted by atomic mass is 10.1. The lowest BCUT2D eigenvalue weighted by Gasteiger charge is -2.28. The summed E-state index contributed by atoms with van der Waals surface area (Å²) in [5.74, 6) is -0.191. The molecule has 4 heteroatoms. The molecule has 1 saturated heterocycles. The van der Waals surface area contributed by atoms with Crippen LogP contribution < -0.4 is 10.6 Å². The largest absolute Gasteiger partial charge is 0.370 e. The van der Waals surface area contributed by atoms with Crippen LogP contribution in [0.4, 0.5) is 10.1 Å². The van der Waals surface area contributed by atoms with E-state index in [1.54, 1.807) is 6.07 Å². The summed E-state index contributed by atoms with van der Waals surface area (Å²) < 4.78 is 14.0. The zero-order valence-corrected chi connectivity index (χ0v) is 12.8. The number of hydrogen-bond acceptors (Lipinski definition) is 3. The molecule has 20 heavy (non-hydrogen) atoms. The van der Waals surface area contributed by atoms with Crippen molar-refractivity contribution in [1.82, 2.24) is 4.90 Å². The molecular formula is C16H26FN3. The molecule has 1 aromatic rings. The Labute approximate surface area is 121 Å². The van der Waals surface area contributed by atoms with Crippen molar-refractivity contribution in [3.63, 3.8) is 0 Å². The number of benzene rings is 1. The van der Waals surface area contributed by atoms with Crippen LogP contribution >= 0.6 is 0 Å². The summed E-state index contributed by atoms with van der Waals surface area (Å²) in [4.78, 5) is 4.76. The van der Waals surface area contributed by atoms with Gasteiger partial charge in [0.15, 0.2) is 0 Å². The van der Waals surface area contributed by atoms with E-state index in [1.165, 1.54) is 6.07 Å². The minimum atomic E-state index is -0.279. The van der Waals surface area contributed by atoms with E-state index in [-0.39, 0.29) is 11.9 Å². The number of nitrogens with two attached hydrogens (primary N) is 1. The van der Waals surface area contributed by atoms with Crippen molar-refractivity contribution in [2.24, 2.45) is 5.73 Å². The van der Waals surface area contributed by atoms with Crippen LogP contribution in [0.3, 0.4) is 0 Å². The second kappa shape index (κ2) is 6.55. The maximum atomic E-state index is 14.0. The minimum absolute atomic E-state index is 0.191. The summed E-state index contributed by atoms with van der Waals surface area (Å²) in [5.41, 5.74) is 7.57. The van der Waals surface area contributed by atoms with Gasteiger partial charge in [0.2, 0.25) is 0 Å². The molecule has 3 nitrogen and oxygen atoms in total. The molecule has 0 saturated carbocycles. The van der Waals surface area contributed by atoms with Crippen LogP contribution in [0.5, 0.6) is 0 Å². The number of likely N-dealkylation sites (N-methyl/N-ethyl adjacent to an activating group) is 1. The van der Waals surface area contributed by atoms with Gasteiger partial charge < -0.3 is 10.6 Å². The van der Waals surface area contributed by atoms with E-state index >= 15 is 0 Å². The Kier molecular flexibility index (Phi) is 5.00. The highest BCUT2D eigenvalue weighted by molar-refractivity contribution is 5.56. The molecule has 1 fully saturated rings. The zero-order chi connectivity index (χ0) is 14.7. The van der Waals surface area contributed by atoms with Crippen LogP contribution in [0.1, 0.15) is 38.8 Å². The van der Waals surface area contributed by atoms with Crippen LogP contribution in [-0.2, 0) is 0 Å². The lowest BCUT2D eigenvalue weighted by Crippen LogP contribution is -2.37. The average Bonchev–Trinajstić information content (AvgIpc) is 2.89. The second-order valence-corrected chi connectivity index (χ2v) is 5.57. The first-order chi connectivity index (χ1) is 9.58. The zero-order valence-electron chi connectivity index (χ0n) is 12.8. The minimum Gasteiger partial charge on any atom is -0.370 e. The Morgan fingerprint density at radius 2 is 2.10 bits per heavy atom. The fourth-order valence-electron chi connectivity index (χ4n) is 3.25. The molecule has 112 valence electrons. The van der Waals surface area contributed by atoms with Crippen molar-refractivity contribution in [3.05, 3.63) is 29.6 Å². The van der Waals surface area contributed by atoms with Crippen molar-refractivity contribution in [2.75, 3.05) is 31.1 Å². The van der Waals surface area contributed by atoms with Gasteiger partial charge in [-0.05, 0) is 38.6 Å². The Morgan fingerprint density at radius 1 is 1.40 bits per heavy atom. The summed E-state index contributed by atoms with van der Waals surface area (Å²) in [5, 5.41) is 0. The molecular weight excluding hydrogens is 253 g/mol. The Morgan fingerprint density at radius 3 is 2.70 bits per heavy atom. The molecule has 2 rings (SSSR count). The topological polar surface area (TPSA) is 32.5 Å². The van der Waals surface area contributed by atoms with Crippen LogP contribution in [0.25, 0.3) is 0 Å². The van der Waals surface area contributed by atoms with Crippen molar-refractivity contribution in [2.45, 2.75) is 39.3 Å². The monoisotopic (exact) mass is 279 g/mol. The third kappa shape index (κ3) is 2.96. The van der Waals surface area contributed by atoms with E-state index in [1.807, 2.05) is 13.0 Å². The Bertz CT molecular complexity index is 443. The van der Waals surface area contributed by atoms with E-state index in [2.05, 4.69) is 23.6 Å². The molecule has 1 aliphatic heterocycles. The van der Waals surface area contributed by atoms with Crippen LogP contribution in [-0.4, -0.2) is 37.1 Å². The van der Waals surface area contributed by atoms with Gasteiger partial charge in [-0.1, -0.05) is 19.9 Å². The smallest absolute Gasteiger partial charge is 0.130 e. The highest BCUT2D eigenvalue weighted by Gasteiger charge is 2.28. The van der Waals surface area contributed by atoms with E-state index in [0.29, 0.717) is 11.6 Å². The molecule has 0 bridgehead atoms. The fraction of sp³-hybridized carbons (Fsp3) is 0.625. The molecule has 1 aromatic carbocycles. The van der Waals surface area contributed by atoms with Gasteiger partial charge in [0.05, 0.1) is 0 Å². The summed E-state index contributed by atoms with van der Waals surface area (Å²) in [7, 11) is 0. The van der Waals surface area contributed by atoms with Gasteiger partial charge in [0.1, 0.15) is 5.82 Å². The van der Waals surface area contributed by atoms with E-state index in [9.17, 15) is 4.39 Å². The van der Waals surface area contributed by atoms with E-state index in [4.69, 9.17) is 5.73 Å². The molecule has 0 spiro atoms. The summed E-state index contributed by atoms with van der Waals surface area (Å²) in [6.07, 6.45) is 1.14. The molecule has 0 radical (unpaired) electrons. The van der Waals surface area contributed by atoms with Crippen LogP contribution in [0, 0.1) is 5.82 Å². The Balaban J connectivity index is 2.20. The second-order valence-electron chi connectivity index (χ2n) is 5.57. The molecule has 2 N–H and O–H groups in total. The van der Waals surface area contributed by atoms with E-state index < -0.39 is 0 Å². The van der Waals surface area contributed by atoms with E-state index in [0.717, 1.165) is 38.3 Å². The summed E-state index contributed by atoms with van der Waals surface area (Å²) in [6, 6.07) is 5.56. The number of hydrogen-bond donors (Lipinski definition) is 1. The van der Waals surface area contributed by atoms with Gasteiger partial charge in [0.25, 0.3) is 0 Å². The van der Waals surface area contributed by atoms with Gasteiger partial charge in [-0.25, -0.2) is 4.39 Å². The Hall–Kier alpha value is -1.13. The molecule has 1 aliphatic rings. The van der Waals surface area contributed by atoms with Crippen LogP contribution in [0.2, 0.25) is 0 Å². The molecule has 0 amide bonds.